The molecular formula is C11H14O3. The number of aliphatic hydroxyl groups is 2. The smallest absolute Gasteiger partial charge is 0.161 e. The minimum absolute atomic E-state index is 0.432. The Hall–Kier alpha value is -1.19. The predicted octanol–water partition coefficient (Wildman–Crippen LogP) is 0.978. The number of hydrogen-bond acceptors (Lipinski definition) is 3. The van der Waals surface area contributed by atoms with Crippen LogP contribution in [0.5, 0.6) is 0 Å². The van der Waals surface area contributed by atoms with Gasteiger partial charge in [-0.1, -0.05) is 29.8 Å². The molecule has 14 heavy (non-hydrogen) atoms. The zero-order valence-corrected chi connectivity index (χ0v) is 8.27. The summed E-state index contributed by atoms with van der Waals surface area (Å²) in [7, 11) is 0. The first-order valence-electron chi connectivity index (χ1n) is 4.45. The van der Waals surface area contributed by atoms with Crippen LogP contribution in [0.2, 0.25) is 0 Å². The minimum Gasteiger partial charge on any atom is -0.385 e. The average Bonchev–Trinajstić information content (AvgIpc) is 2.16. The highest BCUT2D eigenvalue weighted by Gasteiger charge is 2.21. The summed E-state index contributed by atoms with van der Waals surface area (Å²) in [5.41, 5.74) is 1.62. The van der Waals surface area contributed by atoms with E-state index in [1.165, 1.54) is 6.92 Å². The van der Waals surface area contributed by atoms with Gasteiger partial charge in [-0.2, -0.15) is 0 Å². The summed E-state index contributed by atoms with van der Waals surface area (Å²) in [6, 6.07) is 7.05. The maximum absolute atomic E-state index is 10.8. The van der Waals surface area contributed by atoms with Gasteiger partial charge in [0.15, 0.2) is 5.78 Å². The maximum atomic E-state index is 10.8. The third kappa shape index (κ3) is 2.40. The van der Waals surface area contributed by atoms with Crippen LogP contribution in [0.1, 0.15) is 24.2 Å². The molecule has 3 nitrogen and oxygen atoms in total. The van der Waals surface area contributed by atoms with Crippen LogP contribution in [-0.2, 0) is 4.79 Å². The van der Waals surface area contributed by atoms with Gasteiger partial charge >= 0.3 is 0 Å². The van der Waals surface area contributed by atoms with Crippen molar-refractivity contribution in [3.63, 3.8) is 0 Å². The Balaban J connectivity index is 2.84. The molecule has 1 rings (SSSR count). The van der Waals surface area contributed by atoms with Crippen molar-refractivity contribution in [3.8, 4) is 0 Å². The van der Waals surface area contributed by atoms with Crippen LogP contribution < -0.4 is 0 Å². The molecule has 0 saturated heterocycles. The van der Waals surface area contributed by atoms with Crippen LogP contribution in [0.25, 0.3) is 0 Å². The number of aryl methyl sites for hydroxylation is 1. The third-order valence-corrected chi connectivity index (χ3v) is 2.13. The molecule has 1 aromatic rings. The van der Waals surface area contributed by atoms with Gasteiger partial charge in [-0.3, -0.25) is 4.79 Å². The largest absolute Gasteiger partial charge is 0.385 e. The van der Waals surface area contributed by atoms with Crippen molar-refractivity contribution in [3.05, 3.63) is 35.4 Å². The molecule has 3 heteroatoms. The number of carbonyl (C=O) groups is 1. The zero-order chi connectivity index (χ0) is 10.7. The van der Waals surface area contributed by atoms with Crippen LogP contribution in [0.4, 0.5) is 0 Å². The molecule has 0 spiro atoms. The molecular weight excluding hydrogens is 180 g/mol. The Kier molecular flexibility index (Phi) is 3.38. The van der Waals surface area contributed by atoms with Gasteiger partial charge in [0.1, 0.15) is 12.2 Å². The molecule has 0 aliphatic carbocycles. The Morgan fingerprint density at radius 3 is 2.14 bits per heavy atom. The molecule has 0 aliphatic rings. The second kappa shape index (κ2) is 4.35. The number of rotatable bonds is 3. The van der Waals surface area contributed by atoms with Crippen LogP contribution in [0.3, 0.4) is 0 Å². The van der Waals surface area contributed by atoms with Gasteiger partial charge in [-0.25, -0.2) is 0 Å². The highest BCUT2D eigenvalue weighted by atomic mass is 16.3. The Morgan fingerprint density at radius 1 is 1.21 bits per heavy atom. The van der Waals surface area contributed by atoms with Gasteiger partial charge in [-0.15, -0.1) is 0 Å². The number of benzene rings is 1. The van der Waals surface area contributed by atoms with Crippen LogP contribution in [0.15, 0.2) is 24.3 Å². The molecule has 76 valence electrons. The average molecular weight is 194 g/mol. The van der Waals surface area contributed by atoms with E-state index in [9.17, 15) is 15.0 Å². The lowest BCUT2D eigenvalue weighted by molar-refractivity contribution is -0.130. The lowest BCUT2D eigenvalue weighted by Gasteiger charge is -2.15. The lowest BCUT2D eigenvalue weighted by Crippen LogP contribution is -2.25. The monoisotopic (exact) mass is 194 g/mol. The van der Waals surface area contributed by atoms with E-state index in [0.29, 0.717) is 5.56 Å². The first-order valence-corrected chi connectivity index (χ1v) is 4.45. The molecule has 0 saturated carbocycles. The van der Waals surface area contributed by atoms with E-state index in [4.69, 9.17) is 0 Å². The predicted molar refractivity (Wildman–Crippen MR) is 52.8 cm³/mol. The number of carbonyl (C=O) groups excluding carboxylic acids is 1. The van der Waals surface area contributed by atoms with Gasteiger partial charge in [0, 0.05) is 0 Å². The van der Waals surface area contributed by atoms with Gasteiger partial charge in [0.25, 0.3) is 0 Å². The van der Waals surface area contributed by atoms with Gasteiger partial charge < -0.3 is 10.2 Å². The van der Waals surface area contributed by atoms with Crippen molar-refractivity contribution in [1.29, 1.82) is 0 Å². The van der Waals surface area contributed by atoms with Crippen molar-refractivity contribution >= 4 is 5.78 Å². The summed E-state index contributed by atoms with van der Waals surface area (Å²) in [4.78, 5) is 10.8. The number of ketones is 1. The maximum Gasteiger partial charge on any atom is 0.161 e. The number of hydrogen-bond donors (Lipinski definition) is 2. The van der Waals surface area contributed by atoms with Gasteiger partial charge in [0.05, 0.1) is 0 Å². The zero-order valence-electron chi connectivity index (χ0n) is 8.27. The highest BCUT2D eigenvalue weighted by Crippen LogP contribution is 2.17. The van der Waals surface area contributed by atoms with Gasteiger partial charge in [0.2, 0.25) is 0 Å². The van der Waals surface area contributed by atoms with Crippen molar-refractivity contribution in [2.45, 2.75) is 26.1 Å². The Labute approximate surface area is 83.0 Å². The fourth-order valence-electron chi connectivity index (χ4n) is 1.17. The van der Waals surface area contributed by atoms with Crippen molar-refractivity contribution in [1.82, 2.24) is 0 Å². The minimum atomic E-state index is -1.34. The molecule has 1 aromatic carbocycles. The second-order valence-electron chi connectivity index (χ2n) is 3.41. The Bertz CT molecular complexity index is 316. The van der Waals surface area contributed by atoms with Crippen molar-refractivity contribution in [2.75, 3.05) is 0 Å². The van der Waals surface area contributed by atoms with Crippen molar-refractivity contribution < 1.29 is 15.0 Å². The first kappa shape index (κ1) is 10.9. The van der Waals surface area contributed by atoms with E-state index in [2.05, 4.69) is 0 Å². The molecule has 0 unspecified atom stereocenters. The van der Waals surface area contributed by atoms with Crippen molar-refractivity contribution in [2.24, 2.45) is 0 Å². The van der Waals surface area contributed by atoms with E-state index >= 15 is 0 Å². The highest BCUT2D eigenvalue weighted by molar-refractivity contribution is 5.80. The normalized spacial score (nSPS) is 14.9. The summed E-state index contributed by atoms with van der Waals surface area (Å²) in [5, 5.41) is 18.9. The first-order chi connectivity index (χ1) is 6.52. The standard InChI is InChI=1S/C11H14O3/c1-7-3-5-9(6-4-7)11(14)10(13)8(2)12/h3-6,10-11,13-14H,1-2H3/t10-,11-/m0/s1. The topological polar surface area (TPSA) is 57.5 Å². The van der Waals surface area contributed by atoms with E-state index in [-0.39, 0.29) is 0 Å². The number of Topliss-reactive ketones (excluding diaryl/α,β-unsaturated/α-hetero) is 1. The molecule has 0 aliphatic heterocycles. The lowest BCUT2D eigenvalue weighted by atomic mass is 10.0. The quantitative estimate of drug-likeness (QED) is 0.754. The molecule has 2 N–H and O–H groups in total. The summed E-state index contributed by atoms with van der Waals surface area (Å²) in [5.74, 6) is -0.432. The molecule has 0 amide bonds. The van der Waals surface area contributed by atoms with E-state index in [1.807, 2.05) is 19.1 Å². The fourth-order valence-corrected chi connectivity index (χ4v) is 1.17. The second-order valence-corrected chi connectivity index (χ2v) is 3.41. The van der Waals surface area contributed by atoms with E-state index in [1.54, 1.807) is 12.1 Å². The summed E-state index contributed by atoms with van der Waals surface area (Å²) in [6.07, 6.45) is -2.47. The molecule has 0 aromatic heterocycles. The SMILES string of the molecule is CC(=O)[C@H](O)[C@@H](O)c1ccc(C)cc1. The summed E-state index contributed by atoms with van der Waals surface area (Å²) < 4.78 is 0. The molecule has 0 radical (unpaired) electrons. The molecule has 2 atom stereocenters. The fraction of sp³-hybridized carbons (Fsp3) is 0.364. The van der Waals surface area contributed by atoms with Crippen LogP contribution in [-0.4, -0.2) is 22.1 Å². The van der Waals surface area contributed by atoms with Crippen LogP contribution >= 0.6 is 0 Å². The Morgan fingerprint density at radius 2 is 1.71 bits per heavy atom. The van der Waals surface area contributed by atoms with E-state index in [0.717, 1.165) is 5.56 Å². The molecule has 0 bridgehead atoms. The summed E-state index contributed by atoms with van der Waals surface area (Å²) >= 11 is 0. The number of aliphatic hydroxyl groups excluding tert-OH is 2. The van der Waals surface area contributed by atoms with Crippen LogP contribution in [0, 0.1) is 6.92 Å². The molecule has 0 heterocycles. The molecule has 0 fully saturated rings. The van der Waals surface area contributed by atoms with Gasteiger partial charge in [-0.05, 0) is 19.4 Å². The third-order valence-electron chi connectivity index (χ3n) is 2.13. The van der Waals surface area contributed by atoms with E-state index < -0.39 is 18.0 Å². The summed E-state index contributed by atoms with van der Waals surface area (Å²) in [6.45, 7) is 3.18.